The van der Waals surface area contributed by atoms with Crippen molar-refractivity contribution in [1.29, 1.82) is 0 Å². The molecule has 2 nitrogen and oxygen atoms in total. The predicted octanol–water partition coefficient (Wildman–Crippen LogP) is 4.19. The third-order valence-corrected chi connectivity index (χ3v) is 2.45. The molecule has 0 unspecified atom stereocenters. The van der Waals surface area contributed by atoms with Gasteiger partial charge in [-0.15, -0.1) is 24.8 Å². The summed E-state index contributed by atoms with van der Waals surface area (Å²) in [6.45, 7) is 0.691. The van der Waals surface area contributed by atoms with Crippen LogP contribution in [-0.4, -0.2) is 4.98 Å². The van der Waals surface area contributed by atoms with Crippen LogP contribution < -0.4 is 5.32 Å². The van der Waals surface area contributed by atoms with Crippen LogP contribution in [-0.2, 0) is 6.54 Å². The summed E-state index contributed by atoms with van der Waals surface area (Å²) in [5.74, 6) is 0.859. The maximum Gasteiger partial charge on any atom is 0.126 e. The molecule has 0 amide bonds. The van der Waals surface area contributed by atoms with Crippen LogP contribution in [0.3, 0.4) is 0 Å². The van der Waals surface area contributed by atoms with Gasteiger partial charge in [0.2, 0.25) is 0 Å². The van der Waals surface area contributed by atoms with Crippen molar-refractivity contribution < 1.29 is 0 Å². The summed E-state index contributed by atoms with van der Waals surface area (Å²) in [5, 5.41) is 3.98. The van der Waals surface area contributed by atoms with Gasteiger partial charge in [-0.1, -0.05) is 35.9 Å². The summed E-state index contributed by atoms with van der Waals surface area (Å²) in [5.41, 5.74) is 1.07. The van der Waals surface area contributed by atoms with Crippen LogP contribution in [0.2, 0.25) is 5.02 Å². The highest BCUT2D eigenvalue weighted by Gasteiger charge is 1.98. The number of nitrogens with one attached hydrogen (secondary N) is 1. The number of pyridine rings is 1. The topological polar surface area (TPSA) is 24.9 Å². The molecule has 2 aromatic rings. The molecule has 1 aromatic carbocycles. The normalized spacial score (nSPS) is 8.76. The molecule has 92 valence electrons. The second kappa shape index (κ2) is 8.18. The van der Waals surface area contributed by atoms with E-state index in [0.29, 0.717) is 6.54 Å². The molecule has 0 fully saturated rings. The lowest BCUT2D eigenvalue weighted by molar-refractivity contribution is 1.11. The van der Waals surface area contributed by atoms with Crippen molar-refractivity contribution in [3.05, 3.63) is 59.2 Å². The van der Waals surface area contributed by atoms with E-state index in [9.17, 15) is 0 Å². The van der Waals surface area contributed by atoms with Gasteiger partial charge < -0.3 is 5.32 Å². The summed E-state index contributed by atoms with van der Waals surface area (Å²) in [4.78, 5) is 4.17. The van der Waals surface area contributed by atoms with Crippen LogP contribution in [0.5, 0.6) is 0 Å². The van der Waals surface area contributed by atoms with Gasteiger partial charge in [0.1, 0.15) is 5.82 Å². The number of hydrogen-bond acceptors (Lipinski definition) is 2. The molecule has 0 aliphatic carbocycles. The smallest absolute Gasteiger partial charge is 0.126 e. The standard InChI is InChI=1S/C12H11ClN2.2ClH/c13-11-6-2-1-5-10(11)9-15-12-7-3-4-8-14-12;;/h1-8H,9H2,(H,14,15);2*1H. The van der Waals surface area contributed by atoms with E-state index in [0.717, 1.165) is 16.4 Å². The monoisotopic (exact) mass is 290 g/mol. The fourth-order valence-corrected chi connectivity index (χ4v) is 1.50. The van der Waals surface area contributed by atoms with Crippen molar-refractivity contribution in [3.8, 4) is 0 Å². The Balaban J connectivity index is 0.00000128. The summed E-state index contributed by atoms with van der Waals surface area (Å²) >= 11 is 6.03. The molecular weight excluding hydrogens is 279 g/mol. The first-order valence-electron chi connectivity index (χ1n) is 4.74. The maximum absolute atomic E-state index is 6.03. The van der Waals surface area contributed by atoms with E-state index in [4.69, 9.17) is 11.6 Å². The minimum atomic E-state index is 0. The first kappa shape index (κ1) is 16.0. The molecule has 1 aromatic heterocycles. The third-order valence-electron chi connectivity index (χ3n) is 2.08. The number of rotatable bonds is 3. The molecule has 0 aliphatic heterocycles. The Hall–Kier alpha value is -0.960. The van der Waals surface area contributed by atoms with E-state index in [-0.39, 0.29) is 24.8 Å². The minimum absolute atomic E-state index is 0. The van der Waals surface area contributed by atoms with Crippen LogP contribution in [0.15, 0.2) is 48.7 Å². The Morgan fingerprint density at radius 2 is 1.71 bits per heavy atom. The van der Waals surface area contributed by atoms with E-state index in [1.165, 1.54) is 0 Å². The molecule has 0 aliphatic rings. The van der Waals surface area contributed by atoms with Crippen molar-refractivity contribution in [2.45, 2.75) is 6.54 Å². The SMILES string of the molecule is Cl.Cl.Clc1ccccc1CNc1ccccn1. The van der Waals surface area contributed by atoms with E-state index in [1.54, 1.807) is 6.20 Å². The van der Waals surface area contributed by atoms with E-state index < -0.39 is 0 Å². The highest BCUT2D eigenvalue weighted by molar-refractivity contribution is 6.31. The van der Waals surface area contributed by atoms with Gasteiger partial charge in [-0.25, -0.2) is 4.98 Å². The van der Waals surface area contributed by atoms with Gasteiger partial charge in [-0.05, 0) is 23.8 Å². The molecule has 1 heterocycles. The molecule has 0 radical (unpaired) electrons. The maximum atomic E-state index is 6.03. The molecule has 17 heavy (non-hydrogen) atoms. The second-order valence-corrected chi connectivity index (χ2v) is 3.57. The van der Waals surface area contributed by atoms with Crippen molar-refractivity contribution in [2.24, 2.45) is 0 Å². The molecule has 5 heteroatoms. The fourth-order valence-electron chi connectivity index (χ4n) is 1.29. The van der Waals surface area contributed by atoms with E-state index in [2.05, 4.69) is 10.3 Å². The van der Waals surface area contributed by atoms with Crippen LogP contribution >= 0.6 is 36.4 Å². The van der Waals surface area contributed by atoms with Gasteiger partial charge in [0, 0.05) is 17.8 Å². The molecule has 2 rings (SSSR count). The lowest BCUT2D eigenvalue weighted by Gasteiger charge is -2.06. The molecule has 0 saturated carbocycles. The Morgan fingerprint density at radius 1 is 1.00 bits per heavy atom. The average Bonchev–Trinajstić information content (AvgIpc) is 2.29. The Morgan fingerprint density at radius 3 is 2.35 bits per heavy atom. The van der Waals surface area contributed by atoms with E-state index in [1.807, 2.05) is 42.5 Å². The van der Waals surface area contributed by atoms with Crippen molar-refractivity contribution in [2.75, 3.05) is 5.32 Å². The summed E-state index contributed by atoms with van der Waals surface area (Å²) in [6, 6.07) is 13.5. The lowest BCUT2D eigenvalue weighted by Crippen LogP contribution is -2.01. The number of nitrogens with zero attached hydrogens (tertiary/aromatic N) is 1. The van der Waals surface area contributed by atoms with Gasteiger partial charge in [0.05, 0.1) is 0 Å². The highest BCUT2D eigenvalue weighted by Crippen LogP contribution is 2.15. The molecule has 0 atom stereocenters. The second-order valence-electron chi connectivity index (χ2n) is 3.16. The fraction of sp³-hybridized carbons (Fsp3) is 0.0833. The molecular formula is C12H13Cl3N2. The summed E-state index contributed by atoms with van der Waals surface area (Å²) in [7, 11) is 0. The number of aromatic nitrogens is 1. The summed E-state index contributed by atoms with van der Waals surface area (Å²) in [6.07, 6.45) is 1.76. The van der Waals surface area contributed by atoms with E-state index >= 15 is 0 Å². The number of anilines is 1. The van der Waals surface area contributed by atoms with Crippen molar-refractivity contribution in [3.63, 3.8) is 0 Å². The zero-order chi connectivity index (χ0) is 10.5. The number of halogens is 3. The lowest BCUT2D eigenvalue weighted by atomic mass is 10.2. The first-order valence-corrected chi connectivity index (χ1v) is 5.12. The molecule has 0 saturated heterocycles. The number of hydrogen-bond donors (Lipinski definition) is 1. The number of benzene rings is 1. The first-order chi connectivity index (χ1) is 7.36. The van der Waals surface area contributed by atoms with Gasteiger partial charge in [-0.3, -0.25) is 0 Å². The minimum Gasteiger partial charge on any atom is -0.366 e. The van der Waals surface area contributed by atoms with Crippen molar-refractivity contribution in [1.82, 2.24) is 4.98 Å². The quantitative estimate of drug-likeness (QED) is 0.917. The third kappa shape index (κ3) is 4.82. The van der Waals surface area contributed by atoms with Crippen LogP contribution in [0.4, 0.5) is 5.82 Å². The van der Waals surface area contributed by atoms with Gasteiger partial charge in [0.25, 0.3) is 0 Å². The molecule has 0 bridgehead atoms. The zero-order valence-corrected chi connectivity index (χ0v) is 11.4. The average molecular weight is 292 g/mol. The zero-order valence-electron chi connectivity index (χ0n) is 8.97. The molecule has 0 spiro atoms. The van der Waals surface area contributed by atoms with Crippen LogP contribution in [0, 0.1) is 0 Å². The van der Waals surface area contributed by atoms with Gasteiger partial charge in [0.15, 0.2) is 0 Å². The summed E-state index contributed by atoms with van der Waals surface area (Å²) < 4.78 is 0. The van der Waals surface area contributed by atoms with Crippen LogP contribution in [0.25, 0.3) is 0 Å². The van der Waals surface area contributed by atoms with Gasteiger partial charge >= 0.3 is 0 Å². The molecule has 1 N–H and O–H groups in total. The highest BCUT2D eigenvalue weighted by atomic mass is 35.5. The Labute approximate surface area is 118 Å². The Bertz CT molecular complexity index is 435. The largest absolute Gasteiger partial charge is 0.366 e. The Kier molecular flexibility index (Phi) is 7.72. The van der Waals surface area contributed by atoms with Gasteiger partial charge in [-0.2, -0.15) is 0 Å². The van der Waals surface area contributed by atoms with Crippen LogP contribution in [0.1, 0.15) is 5.56 Å². The predicted molar refractivity (Wildman–Crippen MR) is 77.5 cm³/mol. The van der Waals surface area contributed by atoms with Crippen molar-refractivity contribution >= 4 is 42.2 Å².